The van der Waals surface area contributed by atoms with Crippen LogP contribution in [-0.2, 0) is 6.42 Å². The molecule has 20 heavy (non-hydrogen) atoms. The molecule has 2 atom stereocenters. The van der Waals surface area contributed by atoms with E-state index in [0.29, 0.717) is 12.1 Å². The molecule has 2 aromatic carbocycles. The first-order valence-corrected chi connectivity index (χ1v) is 7.77. The molecule has 3 rings (SSSR count). The van der Waals surface area contributed by atoms with E-state index in [1.807, 2.05) is 0 Å². The van der Waals surface area contributed by atoms with Crippen molar-refractivity contribution in [1.29, 1.82) is 0 Å². The summed E-state index contributed by atoms with van der Waals surface area (Å²) in [4.78, 5) is 0. The maximum Gasteiger partial charge on any atom is 0.0581 e. The van der Waals surface area contributed by atoms with Gasteiger partial charge in [0.05, 0.1) is 6.04 Å². The molecule has 0 aromatic heterocycles. The average molecular weight is 265 g/mol. The summed E-state index contributed by atoms with van der Waals surface area (Å²) in [6.45, 7) is 2.27. The molecule has 2 aromatic rings. The van der Waals surface area contributed by atoms with Crippen molar-refractivity contribution in [1.82, 2.24) is 5.32 Å². The van der Waals surface area contributed by atoms with Crippen molar-refractivity contribution in [2.45, 2.75) is 44.7 Å². The molecule has 0 amide bonds. The van der Waals surface area contributed by atoms with Crippen LogP contribution in [0.2, 0.25) is 0 Å². The van der Waals surface area contributed by atoms with Crippen LogP contribution in [0.5, 0.6) is 0 Å². The molecule has 104 valence electrons. The van der Waals surface area contributed by atoms with Crippen molar-refractivity contribution >= 4 is 0 Å². The molecule has 1 aliphatic heterocycles. The molecule has 0 bridgehead atoms. The molecule has 0 saturated heterocycles. The molecule has 0 radical (unpaired) electrons. The van der Waals surface area contributed by atoms with Gasteiger partial charge in [-0.3, -0.25) is 0 Å². The van der Waals surface area contributed by atoms with E-state index in [1.54, 1.807) is 0 Å². The second kappa shape index (κ2) is 6.23. The van der Waals surface area contributed by atoms with E-state index in [2.05, 4.69) is 66.8 Å². The van der Waals surface area contributed by atoms with Crippen LogP contribution < -0.4 is 5.32 Å². The lowest BCUT2D eigenvalue weighted by Crippen LogP contribution is -2.39. The SMILES string of the molecule is CCCC[C@H]1Cc2ccccc2[C@@H](c2ccccc2)N1. The second-order valence-electron chi connectivity index (χ2n) is 5.75. The summed E-state index contributed by atoms with van der Waals surface area (Å²) in [5, 5.41) is 3.86. The fourth-order valence-corrected chi connectivity index (χ4v) is 3.21. The minimum Gasteiger partial charge on any atom is -0.303 e. The summed E-state index contributed by atoms with van der Waals surface area (Å²) < 4.78 is 0. The molecule has 0 saturated carbocycles. The summed E-state index contributed by atoms with van der Waals surface area (Å²) >= 11 is 0. The maximum atomic E-state index is 3.86. The average Bonchev–Trinajstić information content (AvgIpc) is 2.53. The number of hydrogen-bond donors (Lipinski definition) is 1. The number of hydrogen-bond acceptors (Lipinski definition) is 1. The zero-order chi connectivity index (χ0) is 13.8. The molecule has 0 unspecified atom stereocenters. The Morgan fingerprint density at radius 3 is 2.55 bits per heavy atom. The third-order valence-electron chi connectivity index (χ3n) is 4.27. The maximum absolute atomic E-state index is 3.86. The van der Waals surface area contributed by atoms with Gasteiger partial charge < -0.3 is 5.32 Å². The van der Waals surface area contributed by atoms with Gasteiger partial charge in [0, 0.05) is 6.04 Å². The zero-order valence-corrected chi connectivity index (χ0v) is 12.2. The van der Waals surface area contributed by atoms with E-state index in [1.165, 1.54) is 42.4 Å². The smallest absolute Gasteiger partial charge is 0.0581 e. The van der Waals surface area contributed by atoms with Gasteiger partial charge in [-0.2, -0.15) is 0 Å². The lowest BCUT2D eigenvalue weighted by molar-refractivity contribution is 0.405. The first-order chi connectivity index (χ1) is 9.88. The summed E-state index contributed by atoms with van der Waals surface area (Å²) in [5.74, 6) is 0. The van der Waals surface area contributed by atoms with Crippen molar-refractivity contribution in [3.05, 3.63) is 71.3 Å². The van der Waals surface area contributed by atoms with Crippen LogP contribution in [0.15, 0.2) is 54.6 Å². The van der Waals surface area contributed by atoms with Gasteiger partial charge in [-0.15, -0.1) is 0 Å². The van der Waals surface area contributed by atoms with Crippen LogP contribution in [0.4, 0.5) is 0 Å². The van der Waals surface area contributed by atoms with Crippen molar-refractivity contribution in [2.24, 2.45) is 0 Å². The molecule has 1 heteroatoms. The number of benzene rings is 2. The minimum absolute atomic E-state index is 0.350. The second-order valence-corrected chi connectivity index (χ2v) is 5.75. The van der Waals surface area contributed by atoms with Gasteiger partial charge in [0.15, 0.2) is 0 Å². The first kappa shape index (κ1) is 13.4. The van der Waals surface area contributed by atoms with E-state index < -0.39 is 0 Å². The number of nitrogens with one attached hydrogen (secondary N) is 1. The highest BCUT2D eigenvalue weighted by Crippen LogP contribution is 2.31. The van der Waals surface area contributed by atoms with Crippen LogP contribution in [0, 0.1) is 0 Å². The zero-order valence-electron chi connectivity index (χ0n) is 12.2. The minimum atomic E-state index is 0.350. The fourth-order valence-electron chi connectivity index (χ4n) is 3.21. The van der Waals surface area contributed by atoms with E-state index in [-0.39, 0.29) is 0 Å². The third-order valence-corrected chi connectivity index (χ3v) is 4.27. The molecule has 0 spiro atoms. The van der Waals surface area contributed by atoms with Gasteiger partial charge >= 0.3 is 0 Å². The Bertz CT molecular complexity index is 547. The van der Waals surface area contributed by atoms with Gasteiger partial charge in [0.2, 0.25) is 0 Å². The predicted molar refractivity (Wildman–Crippen MR) is 84.9 cm³/mol. The number of unbranched alkanes of at least 4 members (excludes halogenated alkanes) is 1. The molecule has 1 aliphatic rings. The largest absolute Gasteiger partial charge is 0.303 e. The molecule has 1 heterocycles. The molecule has 1 N–H and O–H groups in total. The summed E-state index contributed by atoms with van der Waals surface area (Å²) in [7, 11) is 0. The van der Waals surface area contributed by atoms with E-state index in [0.717, 1.165) is 0 Å². The predicted octanol–water partition coefficient (Wildman–Crippen LogP) is 4.48. The quantitative estimate of drug-likeness (QED) is 0.859. The highest BCUT2D eigenvalue weighted by molar-refractivity contribution is 5.40. The molecule has 1 nitrogen and oxygen atoms in total. The Kier molecular flexibility index (Phi) is 4.17. The van der Waals surface area contributed by atoms with Gasteiger partial charge in [0.25, 0.3) is 0 Å². The van der Waals surface area contributed by atoms with Crippen LogP contribution >= 0.6 is 0 Å². The normalized spacial score (nSPS) is 21.4. The number of fused-ring (bicyclic) bond motifs is 1. The van der Waals surface area contributed by atoms with Crippen LogP contribution in [-0.4, -0.2) is 6.04 Å². The molecule has 0 aliphatic carbocycles. The van der Waals surface area contributed by atoms with Crippen molar-refractivity contribution in [2.75, 3.05) is 0 Å². The molecular formula is C19H23N. The van der Waals surface area contributed by atoms with E-state index in [9.17, 15) is 0 Å². The van der Waals surface area contributed by atoms with Gasteiger partial charge in [-0.1, -0.05) is 74.4 Å². The highest BCUT2D eigenvalue weighted by atomic mass is 15.0. The van der Waals surface area contributed by atoms with Gasteiger partial charge in [-0.25, -0.2) is 0 Å². The third kappa shape index (κ3) is 2.78. The van der Waals surface area contributed by atoms with E-state index >= 15 is 0 Å². The Hall–Kier alpha value is -1.60. The Balaban J connectivity index is 1.91. The van der Waals surface area contributed by atoms with Crippen LogP contribution in [0.1, 0.15) is 48.9 Å². The van der Waals surface area contributed by atoms with Gasteiger partial charge in [-0.05, 0) is 29.5 Å². The molecular weight excluding hydrogens is 242 g/mol. The Labute approximate surface area is 122 Å². The Morgan fingerprint density at radius 2 is 1.75 bits per heavy atom. The fraction of sp³-hybridized carbons (Fsp3) is 0.368. The highest BCUT2D eigenvalue weighted by Gasteiger charge is 2.26. The first-order valence-electron chi connectivity index (χ1n) is 7.77. The monoisotopic (exact) mass is 265 g/mol. The summed E-state index contributed by atoms with van der Waals surface area (Å²) in [5.41, 5.74) is 4.34. The van der Waals surface area contributed by atoms with Gasteiger partial charge in [0.1, 0.15) is 0 Å². The van der Waals surface area contributed by atoms with Crippen LogP contribution in [0.3, 0.4) is 0 Å². The topological polar surface area (TPSA) is 12.0 Å². The standard InChI is InChI=1S/C19H23N/c1-2-3-12-17-14-16-11-7-8-13-18(16)19(20-17)15-9-5-4-6-10-15/h4-11,13,17,19-20H,2-3,12,14H2,1H3/t17-,19+/m0/s1. The van der Waals surface area contributed by atoms with Crippen LogP contribution in [0.25, 0.3) is 0 Å². The van der Waals surface area contributed by atoms with E-state index in [4.69, 9.17) is 0 Å². The lowest BCUT2D eigenvalue weighted by Gasteiger charge is -2.33. The lowest BCUT2D eigenvalue weighted by atomic mass is 9.85. The van der Waals surface area contributed by atoms with Crippen molar-refractivity contribution in [3.63, 3.8) is 0 Å². The summed E-state index contributed by atoms with van der Waals surface area (Å²) in [6.07, 6.45) is 5.02. The summed E-state index contributed by atoms with van der Waals surface area (Å²) in [6, 6.07) is 20.7. The van der Waals surface area contributed by atoms with Crippen molar-refractivity contribution in [3.8, 4) is 0 Å². The Morgan fingerprint density at radius 1 is 1.00 bits per heavy atom. The molecule has 0 fully saturated rings. The number of rotatable bonds is 4. The van der Waals surface area contributed by atoms with Crippen molar-refractivity contribution < 1.29 is 0 Å².